The van der Waals surface area contributed by atoms with E-state index in [0.29, 0.717) is 26.2 Å². The van der Waals surface area contributed by atoms with Crippen LogP contribution in [0.25, 0.3) is 9.88 Å². The zero-order valence-corrected chi connectivity index (χ0v) is 14.7. The van der Waals surface area contributed by atoms with Crippen molar-refractivity contribution in [3.8, 4) is 9.88 Å². The van der Waals surface area contributed by atoms with Crippen LogP contribution in [0.15, 0.2) is 22.9 Å². The molecule has 0 fully saturated rings. The average molecular weight is 339 g/mol. The van der Waals surface area contributed by atoms with E-state index in [1.165, 1.54) is 4.88 Å². The van der Waals surface area contributed by atoms with Crippen LogP contribution in [0.2, 0.25) is 0 Å². The largest absolute Gasteiger partial charge is 0.383 e. The molecule has 7 heteroatoms. The van der Waals surface area contributed by atoms with E-state index in [-0.39, 0.29) is 5.91 Å². The predicted octanol–water partition coefficient (Wildman–Crippen LogP) is 2.41. The van der Waals surface area contributed by atoms with Crippen LogP contribution in [-0.4, -0.2) is 61.6 Å². The van der Waals surface area contributed by atoms with Crippen molar-refractivity contribution in [1.29, 1.82) is 0 Å². The molecule has 0 aliphatic carbocycles. The molecule has 0 saturated carbocycles. The van der Waals surface area contributed by atoms with Crippen LogP contribution >= 0.6 is 22.7 Å². The molecule has 0 spiro atoms. The van der Waals surface area contributed by atoms with Crippen LogP contribution < -0.4 is 0 Å². The number of likely N-dealkylation sites (N-methyl/N-ethyl adjacent to an activating group) is 1. The first-order valence-electron chi connectivity index (χ1n) is 7.00. The molecule has 0 unspecified atom stereocenters. The minimum Gasteiger partial charge on any atom is -0.383 e. The monoisotopic (exact) mass is 339 g/mol. The molecule has 2 rings (SSSR count). The molecule has 0 atom stereocenters. The summed E-state index contributed by atoms with van der Waals surface area (Å²) in [4.78, 5) is 21.5. The summed E-state index contributed by atoms with van der Waals surface area (Å²) >= 11 is 3.33. The molecule has 22 heavy (non-hydrogen) atoms. The Hall–Kier alpha value is -1.28. The zero-order valence-electron chi connectivity index (χ0n) is 13.1. The molecule has 0 N–H and O–H groups in total. The summed E-state index contributed by atoms with van der Waals surface area (Å²) < 4.78 is 5.13. The number of hydrogen-bond acceptors (Lipinski definition) is 6. The molecular formula is C15H21N3O2S2. The van der Waals surface area contributed by atoms with Crippen molar-refractivity contribution in [2.24, 2.45) is 0 Å². The van der Waals surface area contributed by atoms with Crippen molar-refractivity contribution in [3.63, 3.8) is 0 Å². The standard InChI is InChI=1S/C15H21N3O2S2/c1-17(2)14(19)10-18(6-7-20-3)9-12-11-22-15(16-12)13-5-4-8-21-13/h4-5,8,11H,6-7,9-10H2,1-3H3. The molecule has 0 aliphatic rings. The van der Waals surface area contributed by atoms with Gasteiger partial charge in [-0.1, -0.05) is 6.07 Å². The first kappa shape index (κ1) is 17.1. The summed E-state index contributed by atoms with van der Waals surface area (Å²) in [5.74, 6) is 0.0878. The highest BCUT2D eigenvalue weighted by Crippen LogP contribution is 2.28. The number of hydrogen-bond donors (Lipinski definition) is 0. The van der Waals surface area contributed by atoms with Gasteiger partial charge in [0.15, 0.2) is 0 Å². The smallest absolute Gasteiger partial charge is 0.236 e. The molecule has 2 aromatic heterocycles. The number of rotatable bonds is 8. The molecule has 0 saturated heterocycles. The lowest BCUT2D eigenvalue weighted by Crippen LogP contribution is -2.38. The third-order valence-corrected chi connectivity index (χ3v) is 5.07. The summed E-state index contributed by atoms with van der Waals surface area (Å²) in [5.41, 5.74) is 0.996. The molecule has 5 nitrogen and oxygen atoms in total. The Balaban J connectivity index is 2.01. The average Bonchev–Trinajstić information content (AvgIpc) is 3.15. The number of ether oxygens (including phenoxy) is 1. The summed E-state index contributed by atoms with van der Waals surface area (Å²) in [6.07, 6.45) is 0. The number of nitrogens with zero attached hydrogens (tertiary/aromatic N) is 3. The SMILES string of the molecule is COCCN(CC(=O)N(C)C)Cc1csc(-c2cccs2)n1. The zero-order chi connectivity index (χ0) is 15.9. The Bertz CT molecular complexity index is 581. The Morgan fingerprint density at radius 1 is 1.36 bits per heavy atom. The summed E-state index contributed by atoms with van der Waals surface area (Å²) in [7, 11) is 5.22. The van der Waals surface area contributed by atoms with Gasteiger partial charge in [-0.05, 0) is 11.4 Å². The van der Waals surface area contributed by atoms with Crippen LogP contribution in [0.3, 0.4) is 0 Å². The number of carbonyl (C=O) groups is 1. The number of amides is 1. The molecule has 2 heterocycles. The van der Waals surface area contributed by atoms with Crippen molar-refractivity contribution in [1.82, 2.24) is 14.8 Å². The number of carbonyl (C=O) groups excluding carboxylic acids is 1. The van der Waals surface area contributed by atoms with E-state index in [4.69, 9.17) is 4.74 Å². The van der Waals surface area contributed by atoms with E-state index in [1.807, 2.05) is 6.07 Å². The molecule has 0 aliphatic heterocycles. The Labute approximate surface area is 139 Å². The molecule has 0 aromatic carbocycles. The molecule has 2 aromatic rings. The maximum absolute atomic E-state index is 11.9. The fourth-order valence-corrected chi connectivity index (χ4v) is 3.51. The summed E-state index contributed by atoms with van der Waals surface area (Å²) in [6, 6.07) is 4.10. The Kier molecular flexibility index (Phi) is 6.50. The van der Waals surface area contributed by atoms with E-state index in [0.717, 1.165) is 10.7 Å². The maximum Gasteiger partial charge on any atom is 0.236 e. The van der Waals surface area contributed by atoms with E-state index in [9.17, 15) is 4.79 Å². The lowest BCUT2D eigenvalue weighted by Gasteiger charge is -2.22. The van der Waals surface area contributed by atoms with Gasteiger partial charge in [-0.2, -0.15) is 0 Å². The van der Waals surface area contributed by atoms with Crippen molar-refractivity contribution in [2.75, 3.05) is 40.9 Å². The van der Waals surface area contributed by atoms with E-state index >= 15 is 0 Å². The molecule has 0 bridgehead atoms. The van der Waals surface area contributed by atoms with E-state index < -0.39 is 0 Å². The van der Waals surface area contributed by atoms with Gasteiger partial charge in [0.05, 0.1) is 23.7 Å². The quantitative estimate of drug-likeness (QED) is 0.741. The van der Waals surface area contributed by atoms with Crippen LogP contribution in [0.5, 0.6) is 0 Å². The highest BCUT2D eigenvalue weighted by Gasteiger charge is 2.15. The summed E-state index contributed by atoms with van der Waals surface area (Å²) in [6.45, 7) is 2.34. The number of aromatic nitrogens is 1. The minimum atomic E-state index is 0.0878. The third-order valence-electron chi connectivity index (χ3n) is 3.14. The second-order valence-corrected chi connectivity index (χ2v) is 6.92. The number of methoxy groups -OCH3 is 1. The highest BCUT2D eigenvalue weighted by atomic mass is 32.1. The van der Waals surface area contributed by atoms with Crippen molar-refractivity contribution in [2.45, 2.75) is 6.54 Å². The predicted molar refractivity (Wildman–Crippen MR) is 91.3 cm³/mol. The van der Waals surface area contributed by atoms with Crippen molar-refractivity contribution >= 4 is 28.6 Å². The van der Waals surface area contributed by atoms with Crippen molar-refractivity contribution < 1.29 is 9.53 Å². The molecule has 120 valence electrons. The first-order valence-corrected chi connectivity index (χ1v) is 8.76. The number of thiophene rings is 1. The third kappa shape index (κ3) is 4.88. The lowest BCUT2D eigenvalue weighted by molar-refractivity contribution is -0.130. The minimum absolute atomic E-state index is 0.0878. The second-order valence-electron chi connectivity index (χ2n) is 5.11. The maximum atomic E-state index is 11.9. The van der Waals surface area contributed by atoms with E-state index in [1.54, 1.807) is 48.8 Å². The van der Waals surface area contributed by atoms with Gasteiger partial charge < -0.3 is 9.64 Å². The van der Waals surface area contributed by atoms with Crippen LogP contribution in [-0.2, 0) is 16.1 Å². The van der Waals surface area contributed by atoms with Crippen LogP contribution in [0.4, 0.5) is 0 Å². The van der Waals surface area contributed by atoms with Gasteiger partial charge in [0.2, 0.25) is 5.91 Å². The number of thiazole rings is 1. The fraction of sp³-hybridized carbons (Fsp3) is 0.467. The van der Waals surface area contributed by atoms with Gasteiger partial charge in [-0.25, -0.2) is 4.98 Å². The van der Waals surface area contributed by atoms with Crippen LogP contribution in [0, 0.1) is 0 Å². The van der Waals surface area contributed by atoms with Gasteiger partial charge >= 0.3 is 0 Å². The van der Waals surface area contributed by atoms with Gasteiger partial charge in [0.1, 0.15) is 5.01 Å². The highest BCUT2D eigenvalue weighted by molar-refractivity contribution is 7.20. The van der Waals surface area contributed by atoms with Gasteiger partial charge in [0.25, 0.3) is 0 Å². The van der Waals surface area contributed by atoms with Crippen LogP contribution in [0.1, 0.15) is 5.69 Å². The molecule has 0 radical (unpaired) electrons. The topological polar surface area (TPSA) is 45.7 Å². The first-order chi connectivity index (χ1) is 10.6. The normalized spacial score (nSPS) is 11.1. The summed E-state index contributed by atoms with van der Waals surface area (Å²) in [5, 5.41) is 5.15. The molecular weight excluding hydrogens is 318 g/mol. The van der Waals surface area contributed by atoms with Gasteiger partial charge in [-0.3, -0.25) is 9.69 Å². The Morgan fingerprint density at radius 3 is 2.82 bits per heavy atom. The van der Waals surface area contributed by atoms with Crippen molar-refractivity contribution in [3.05, 3.63) is 28.6 Å². The van der Waals surface area contributed by atoms with Gasteiger partial charge in [-0.15, -0.1) is 22.7 Å². The lowest BCUT2D eigenvalue weighted by atomic mass is 10.3. The Morgan fingerprint density at radius 2 is 2.18 bits per heavy atom. The fourth-order valence-electron chi connectivity index (χ4n) is 1.89. The molecule has 1 amide bonds. The second kappa shape index (κ2) is 8.38. The van der Waals surface area contributed by atoms with E-state index in [2.05, 4.69) is 26.7 Å². The van der Waals surface area contributed by atoms with Gasteiger partial charge in [0, 0.05) is 39.7 Å².